The highest BCUT2D eigenvalue weighted by Gasteiger charge is 2.11. The van der Waals surface area contributed by atoms with Gasteiger partial charge in [0, 0.05) is 5.02 Å². The molecular weight excluding hydrogens is 301 g/mol. The topological polar surface area (TPSA) is 69.6 Å². The predicted molar refractivity (Wildman–Crippen MR) is 78.6 cm³/mol. The summed E-state index contributed by atoms with van der Waals surface area (Å²) in [7, 11) is 0. The van der Waals surface area contributed by atoms with E-state index in [0.29, 0.717) is 10.6 Å². The van der Waals surface area contributed by atoms with Gasteiger partial charge in [-0.2, -0.15) is 0 Å². The zero-order valence-corrected chi connectivity index (χ0v) is 11.7. The van der Waals surface area contributed by atoms with Crippen molar-refractivity contribution in [3.63, 3.8) is 0 Å². The van der Waals surface area contributed by atoms with E-state index in [9.17, 15) is 15.0 Å². The van der Waals surface area contributed by atoms with Crippen molar-refractivity contribution < 1.29 is 15.0 Å². The number of anilines is 1. The number of amides is 1. The zero-order chi connectivity index (χ0) is 14.7. The van der Waals surface area contributed by atoms with Crippen LogP contribution in [0.2, 0.25) is 10.0 Å². The Morgan fingerprint density at radius 3 is 2.60 bits per heavy atom. The van der Waals surface area contributed by atoms with Gasteiger partial charge in [0.05, 0.1) is 17.1 Å². The minimum atomic E-state index is -0.357. The zero-order valence-electron chi connectivity index (χ0n) is 10.2. The molecule has 1 amide bonds. The molecule has 0 unspecified atom stereocenters. The second-order valence-electron chi connectivity index (χ2n) is 4.18. The number of hydrogen-bond donors (Lipinski definition) is 3. The molecule has 0 aliphatic heterocycles. The van der Waals surface area contributed by atoms with Gasteiger partial charge in [-0.1, -0.05) is 35.3 Å². The summed E-state index contributed by atoms with van der Waals surface area (Å²) >= 11 is 11.6. The van der Waals surface area contributed by atoms with Crippen LogP contribution < -0.4 is 5.32 Å². The first-order valence-corrected chi connectivity index (χ1v) is 6.47. The van der Waals surface area contributed by atoms with Crippen LogP contribution in [0.4, 0.5) is 5.69 Å². The third-order valence-corrected chi connectivity index (χ3v) is 3.08. The lowest BCUT2D eigenvalue weighted by molar-refractivity contribution is -0.115. The largest absolute Gasteiger partial charge is 0.508 e. The predicted octanol–water partition coefficient (Wildman–Crippen LogP) is 3.59. The molecular formula is C14H11Cl2NO3. The Labute approximate surface area is 125 Å². The molecule has 104 valence electrons. The van der Waals surface area contributed by atoms with Crippen LogP contribution in [0.1, 0.15) is 5.56 Å². The molecule has 2 rings (SSSR count). The minimum absolute atomic E-state index is 0.0535. The van der Waals surface area contributed by atoms with Crippen molar-refractivity contribution in [2.45, 2.75) is 6.42 Å². The molecule has 20 heavy (non-hydrogen) atoms. The van der Waals surface area contributed by atoms with Crippen LogP contribution in [0.5, 0.6) is 11.5 Å². The highest BCUT2D eigenvalue weighted by molar-refractivity contribution is 6.36. The van der Waals surface area contributed by atoms with Crippen LogP contribution >= 0.6 is 23.2 Å². The Balaban J connectivity index is 2.12. The Kier molecular flexibility index (Phi) is 4.37. The van der Waals surface area contributed by atoms with Crippen molar-refractivity contribution >= 4 is 34.8 Å². The van der Waals surface area contributed by atoms with Crippen molar-refractivity contribution in [1.29, 1.82) is 0 Å². The number of nitrogens with one attached hydrogen (secondary N) is 1. The Hall–Kier alpha value is -1.91. The van der Waals surface area contributed by atoms with E-state index >= 15 is 0 Å². The molecule has 3 N–H and O–H groups in total. The van der Waals surface area contributed by atoms with Crippen molar-refractivity contribution in [2.75, 3.05) is 5.32 Å². The molecule has 4 nitrogen and oxygen atoms in total. The van der Waals surface area contributed by atoms with Crippen LogP contribution in [0.25, 0.3) is 0 Å². The fourth-order valence-electron chi connectivity index (χ4n) is 1.71. The molecule has 0 aromatic heterocycles. The van der Waals surface area contributed by atoms with Crippen LogP contribution in [0.3, 0.4) is 0 Å². The molecule has 0 saturated carbocycles. The lowest BCUT2D eigenvalue weighted by atomic mass is 10.1. The molecule has 0 spiro atoms. The van der Waals surface area contributed by atoms with Crippen LogP contribution in [-0.2, 0) is 11.2 Å². The van der Waals surface area contributed by atoms with E-state index in [0.717, 1.165) is 0 Å². The highest BCUT2D eigenvalue weighted by atomic mass is 35.5. The standard InChI is InChI=1S/C14H11Cl2NO3/c15-9-6-11(16)14(20)12(7-9)17-13(19)5-8-2-1-3-10(18)4-8/h1-4,6-7,18,20H,5H2,(H,17,19). The van der Waals surface area contributed by atoms with Crippen molar-refractivity contribution in [2.24, 2.45) is 0 Å². The van der Waals surface area contributed by atoms with E-state index in [2.05, 4.69) is 5.32 Å². The number of halogens is 2. The monoisotopic (exact) mass is 311 g/mol. The number of phenolic OH excluding ortho intramolecular Hbond substituents is 2. The first-order valence-electron chi connectivity index (χ1n) is 5.71. The Morgan fingerprint density at radius 2 is 1.90 bits per heavy atom. The molecule has 0 fully saturated rings. The van der Waals surface area contributed by atoms with E-state index in [1.807, 2.05) is 0 Å². The summed E-state index contributed by atoms with van der Waals surface area (Å²) in [4.78, 5) is 11.9. The Bertz CT molecular complexity index is 659. The van der Waals surface area contributed by atoms with Gasteiger partial charge in [-0.3, -0.25) is 4.79 Å². The van der Waals surface area contributed by atoms with Crippen molar-refractivity contribution in [1.82, 2.24) is 0 Å². The maximum Gasteiger partial charge on any atom is 0.228 e. The quantitative estimate of drug-likeness (QED) is 0.759. The fraction of sp³-hybridized carbons (Fsp3) is 0.0714. The lowest BCUT2D eigenvalue weighted by Gasteiger charge is -2.09. The maximum absolute atomic E-state index is 11.9. The summed E-state index contributed by atoms with van der Waals surface area (Å²) in [5.41, 5.74) is 0.794. The van der Waals surface area contributed by atoms with Gasteiger partial charge in [-0.25, -0.2) is 0 Å². The molecule has 2 aromatic carbocycles. The van der Waals surface area contributed by atoms with Gasteiger partial charge in [0.2, 0.25) is 5.91 Å². The number of carbonyl (C=O) groups is 1. The summed E-state index contributed by atoms with van der Waals surface area (Å²) in [6.07, 6.45) is 0.0535. The van der Waals surface area contributed by atoms with Gasteiger partial charge in [0.25, 0.3) is 0 Å². The summed E-state index contributed by atoms with van der Waals surface area (Å²) in [6.45, 7) is 0. The second-order valence-corrected chi connectivity index (χ2v) is 5.02. The molecule has 0 radical (unpaired) electrons. The number of carbonyl (C=O) groups excluding carboxylic acids is 1. The molecule has 0 bridgehead atoms. The third kappa shape index (κ3) is 3.56. The fourth-order valence-corrected chi connectivity index (χ4v) is 2.20. The van der Waals surface area contributed by atoms with Gasteiger partial charge in [0.1, 0.15) is 5.75 Å². The van der Waals surface area contributed by atoms with E-state index in [4.69, 9.17) is 23.2 Å². The molecule has 0 saturated heterocycles. The number of rotatable bonds is 3. The average molecular weight is 312 g/mol. The molecule has 0 atom stereocenters. The van der Waals surface area contributed by atoms with Crippen LogP contribution in [-0.4, -0.2) is 16.1 Å². The maximum atomic E-state index is 11.9. The first-order chi connectivity index (χ1) is 9.45. The lowest BCUT2D eigenvalue weighted by Crippen LogP contribution is -2.14. The van der Waals surface area contributed by atoms with Gasteiger partial charge in [-0.05, 0) is 29.8 Å². The van der Waals surface area contributed by atoms with Gasteiger partial charge >= 0.3 is 0 Å². The van der Waals surface area contributed by atoms with Crippen LogP contribution in [0.15, 0.2) is 36.4 Å². The number of hydrogen-bond acceptors (Lipinski definition) is 3. The van der Waals surface area contributed by atoms with Gasteiger partial charge in [-0.15, -0.1) is 0 Å². The smallest absolute Gasteiger partial charge is 0.228 e. The number of aromatic hydroxyl groups is 2. The molecule has 6 heteroatoms. The van der Waals surface area contributed by atoms with E-state index in [1.54, 1.807) is 12.1 Å². The van der Waals surface area contributed by atoms with Gasteiger partial charge in [0.15, 0.2) is 5.75 Å². The Morgan fingerprint density at radius 1 is 1.15 bits per heavy atom. The van der Waals surface area contributed by atoms with Crippen molar-refractivity contribution in [3.8, 4) is 11.5 Å². The molecule has 0 aliphatic carbocycles. The normalized spacial score (nSPS) is 10.3. The molecule has 2 aromatic rings. The molecule has 0 heterocycles. The summed E-state index contributed by atoms with van der Waals surface area (Å²) < 4.78 is 0. The highest BCUT2D eigenvalue weighted by Crippen LogP contribution is 2.35. The van der Waals surface area contributed by atoms with Crippen LogP contribution in [0, 0.1) is 0 Å². The van der Waals surface area contributed by atoms with Gasteiger partial charge < -0.3 is 15.5 Å². The number of benzene rings is 2. The SMILES string of the molecule is O=C(Cc1cccc(O)c1)Nc1cc(Cl)cc(Cl)c1O. The average Bonchev–Trinajstić information content (AvgIpc) is 2.35. The van der Waals surface area contributed by atoms with Crippen molar-refractivity contribution in [3.05, 3.63) is 52.0 Å². The summed E-state index contributed by atoms with van der Waals surface area (Å²) in [6, 6.07) is 9.15. The third-order valence-electron chi connectivity index (χ3n) is 2.58. The minimum Gasteiger partial charge on any atom is -0.508 e. The summed E-state index contributed by atoms with van der Waals surface area (Å²) in [5.74, 6) is -0.506. The van der Waals surface area contributed by atoms with E-state index in [-0.39, 0.29) is 34.5 Å². The molecule has 0 aliphatic rings. The second kappa shape index (κ2) is 6.03. The first kappa shape index (κ1) is 14.5. The van der Waals surface area contributed by atoms with E-state index < -0.39 is 0 Å². The summed E-state index contributed by atoms with van der Waals surface area (Å²) in [5, 5.41) is 21.9. The van der Waals surface area contributed by atoms with E-state index in [1.165, 1.54) is 24.3 Å². The number of phenols is 2.